The lowest BCUT2D eigenvalue weighted by Gasteiger charge is -2.25. The molecule has 2 atom stereocenters. The molecule has 2 rings (SSSR count). The van der Waals surface area contributed by atoms with Crippen molar-refractivity contribution in [1.29, 1.82) is 0 Å². The molecule has 1 aliphatic rings. The number of nitrogens with zero attached hydrogens (tertiary/aromatic N) is 1. The Labute approximate surface area is 107 Å². The monoisotopic (exact) mass is 253 g/mol. The number of likely N-dealkylation sites (tertiary alicyclic amines) is 1. The van der Waals surface area contributed by atoms with Crippen LogP contribution in [0.3, 0.4) is 0 Å². The third-order valence-corrected chi connectivity index (χ3v) is 3.79. The van der Waals surface area contributed by atoms with Gasteiger partial charge >= 0.3 is 0 Å². The second kappa shape index (κ2) is 5.67. The second-order valence-electron chi connectivity index (χ2n) is 4.96. The van der Waals surface area contributed by atoms with Crippen LogP contribution in [0.2, 0.25) is 0 Å². The molecular weight excluding hydrogens is 233 g/mol. The van der Waals surface area contributed by atoms with Crippen molar-refractivity contribution in [2.24, 2.45) is 5.92 Å². The third-order valence-electron chi connectivity index (χ3n) is 3.79. The first-order valence-electron chi connectivity index (χ1n) is 6.33. The fraction of sp³-hybridized carbons (Fsp3) is 0.571. The van der Waals surface area contributed by atoms with Gasteiger partial charge in [0.2, 0.25) is 0 Å². The number of ether oxygens (including phenoxy) is 1. The lowest BCUT2D eigenvalue weighted by atomic mass is 10.0. The maximum atomic E-state index is 13.6. The van der Waals surface area contributed by atoms with E-state index in [0.29, 0.717) is 12.5 Å². The van der Waals surface area contributed by atoms with Gasteiger partial charge in [-0.3, -0.25) is 4.90 Å². The van der Waals surface area contributed by atoms with Crippen LogP contribution in [0.15, 0.2) is 18.2 Å². The van der Waals surface area contributed by atoms with Crippen LogP contribution in [0, 0.1) is 11.7 Å². The van der Waals surface area contributed by atoms with Crippen LogP contribution in [0.5, 0.6) is 5.75 Å². The van der Waals surface area contributed by atoms with Gasteiger partial charge in [-0.15, -0.1) is 0 Å². The molecule has 1 aromatic carbocycles. The fourth-order valence-electron chi connectivity index (χ4n) is 2.62. The molecule has 0 saturated carbocycles. The SMILES string of the molecule is COc1ccc(CN2CCC(C)C2CO)cc1F. The number of methoxy groups -OCH3 is 1. The van der Waals surface area contributed by atoms with Crippen LogP contribution in [-0.4, -0.2) is 36.3 Å². The van der Waals surface area contributed by atoms with Gasteiger partial charge in [-0.2, -0.15) is 0 Å². The average molecular weight is 253 g/mol. The highest BCUT2D eigenvalue weighted by Crippen LogP contribution is 2.26. The molecule has 100 valence electrons. The van der Waals surface area contributed by atoms with E-state index in [0.717, 1.165) is 18.5 Å². The molecule has 4 heteroatoms. The molecule has 0 spiro atoms. The summed E-state index contributed by atoms with van der Waals surface area (Å²) in [5.41, 5.74) is 0.917. The van der Waals surface area contributed by atoms with Gasteiger partial charge in [-0.05, 0) is 36.6 Å². The van der Waals surface area contributed by atoms with E-state index < -0.39 is 0 Å². The Kier molecular flexibility index (Phi) is 4.19. The van der Waals surface area contributed by atoms with Crippen molar-refractivity contribution in [3.8, 4) is 5.75 Å². The van der Waals surface area contributed by atoms with E-state index in [4.69, 9.17) is 4.74 Å². The van der Waals surface area contributed by atoms with Crippen LogP contribution in [0.1, 0.15) is 18.9 Å². The van der Waals surface area contributed by atoms with Crippen molar-refractivity contribution in [2.45, 2.75) is 25.9 Å². The topological polar surface area (TPSA) is 32.7 Å². The molecule has 3 nitrogen and oxygen atoms in total. The zero-order chi connectivity index (χ0) is 13.1. The lowest BCUT2D eigenvalue weighted by molar-refractivity contribution is 0.134. The fourth-order valence-corrected chi connectivity index (χ4v) is 2.62. The van der Waals surface area contributed by atoms with Crippen LogP contribution in [-0.2, 0) is 6.54 Å². The van der Waals surface area contributed by atoms with Gasteiger partial charge in [-0.1, -0.05) is 13.0 Å². The smallest absolute Gasteiger partial charge is 0.165 e. The Balaban J connectivity index is 2.07. The minimum absolute atomic E-state index is 0.166. The molecule has 1 aliphatic heterocycles. The summed E-state index contributed by atoms with van der Waals surface area (Å²) < 4.78 is 18.5. The van der Waals surface area contributed by atoms with E-state index in [-0.39, 0.29) is 24.2 Å². The molecule has 1 N–H and O–H groups in total. The zero-order valence-electron chi connectivity index (χ0n) is 10.9. The largest absolute Gasteiger partial charge is 0.494 e. The third kappa shape index (κ3) is 2.65. The minimum Gasteiger partial charge on any atom is -0.494 e. The van der Waals surface area contributed by atoms with Gasteiger partial charge in [0.15, 0.2) is 11.6 Å². The summed E-state index contributed by atoms with van der Waals surface area (Å²) in [6.07, 6.45) is 1.09. The molecule has 0 aliphatic carbocycles. The van der Waals surface area contributed by atoms with Crippen LogP contribution in [0.4, 0.5) is 4.39 Å². The molecule has 1 heterocycles. The first kappa shape index (κ1) is 13.3. The number of benzene rings is 1. The summed E-state index contributed by atoms with van der Waals surface area (Å²) in [7, 11) is 1.46. The van der Waals surface area contributed by atoms with Crippen molar-refractivity contribution in [1.82, 2.24) is 4.90 Å². The highest BCUT2D eigenvalue weighted by Gasteiger charge is 2.30. The molecule has 0 amide bonds. The van der Waals surface area contributed by atoms with Crippen molar-refractivity contribution in [3.05, 3.63) is 29.6 Å². The van der Waals surface area contributed by atoms with E-state index in [1.54, 1.807) is 6.07 Å². The molecule has 18 heavy (non-hydrogen) atoms. The van der Waals surface area contributed by atoms with Crippen LogP contribution < -0.4 is 4.74 Å². The van der Waals surface area contributed by atoms with E-state index in [2.05, 4.69) is 11.8 Å². The Morgan fingerprint density at radius 3 is 2.89 bits per heavy atom. The molecule has 0 bridgehead atoms. The summed E-state index contributed by atoms with van der Waals surface area (Å²) in [6, 6.07) is 5.23. The molecule has 0 radical (unpaired) electrons. The van der Waals surface area contributed by atoms with E-state index in [1.165, 1.54) is 13.2 Å². The van der Waals surface area contributed by atoms with Gasteiger partial charge in [0, 0.05) is 12.6 Å². The highest BCUT2D eigenvalue weighted by atomic mass is 19.1. The quantitative estimate of drug-likeness (QED) is 0.891. The van der Waals surface area contributed by atoms with E-state index >= 15 is 0 Å². The Hall–Kier alpha value is -1.13. The highest BCUT2D eigenvalue weighted by molar-refractivity contribution is 5.29. The number of hydrogen-bond donors (Lipinski definition) is 1. The zero-order valence-corrected chi connectivity index (χ0v) is 10.9. The molecule has 2 unspecified atom stereocenters. The van der Waals surface area contributed by atoms with Gasteiger partial charge in [0.25, 0.3) is 0 Å². The molecular formula is C14H20FNO2. The van der Waals surface area contributed by atoms with E-state index in [9.17, 15) is 9.50 Å². The lowest BCUT2D eigenvalue weighted by Crippen LogP contribution is -2.34. The van der Waals surface area contributed by atoms with Crippen LogP contribution in [0.25, 0.3) is 0 Å². The number of rotatable bonds is 4. The number of halogens is 1. The first-order chi connectivity index (χ1) is 8.65. The number of aliphatic hydroxyl groups excluding tert-OH is 1. The van der Waals surface area contributed by atoms with Crippen LogP contribution >= 0.6 is 0 Å². The molecule has 1 aromatic rings. The predicted molar refractivity (Wildman–Crippen MR) is 68.0 cm³/mol. The minimum atomic E-state index is -0.331. The van der Waals surface area contributed by atoms with Crippen molar-refractivity contribution in [3.63, 3.8) is 0 Å². The normalized spacial score (nSPS) is 24.4. The maximum absolute atomic E-state index is 13.6. The summed E-state index contributed by atoms with van der Waals surface area (Å²) >= 11 is 0. The van der Waals surface area contributed by atoms with Crippen molar-refractivity contribution < 1.29 is 14.2 Å². The van der Waals surface area contributed by atoms with Crippen molar-refractivity contribution >= 4 is 0 Å². The first-order valence-corrected chi connectivity index (χ1v) is 6.33. The number of aliphatic hydroxyl groups is 1. The Morgan fingerprint density at radius 2 is 2.28 bits per heavy atom. The van der Waals surface area contributed by atoms with Gasteiger partial charge in [0.1, 0.15) is 0 Å². The second-order valence-corrected chi connectivity index (χ2v) is 4.96. The Morgan fingerprint density at radius 1 is 1.50 bits per heavy atom. The van der Waals surface area contributed by atoms with Crippen molar-refractivity contribution in [2.75, 3.05) is 20.3 Å². The summed E-state index contributed by atoms with van der Waals surface area (Å²) in [6.45, 7) is 3.95. The molecule has 1 saturated heterocycles. The van der Waals surface area contributed by atoms with Gasteiger partial charge in [0.05, 0.1) is 13.7 Å². The molecule has 0 aromatic heterocycles. The standard InChI is InChI=1S/C14H20FNO2/c1-10-5-6-16(13(10)9-17)8-11-3-4-14(18-2)12(15)7-11/h3-4,7,10,13,17H,5-6,8-9H2,1-2H3. The predicted octanol–water partition coefficient (Wildman–Crippen LogP) is 2.04. The average Bonchev–Trinajstić information content (AvgIpc) is 2.70. The Bertz CT molecular complexity index is 411. The summed E-state index contributed by atoms with van der Waals surface area (Å²) in [5, 5.41) is 9.39. The molecule has 1 fully saturated rings. The van der Waals surface area contributed by atoms with Gasteiger partial charge in [-0.25, -0.2) is 4.39 Å². The summed E-state index contributed by atoms with van der Waals surface area (Å²) in [5.74, 6) is 0.438. The van der Waals surface area contributed by atoms with E-state index in [1.807, 2.05) is 6.07 Å². The van der Waals surface area contributed by atoms with Gasteiger partial charge < -0.3 is 9.84 Å². The summed E-state index contributed by atoms with van der Waals surface area (Å²) in [4.78, 5) is 2.21. The maximum Gasteiger partial charge on any atom is 0.165 e. The number of hydrogen-bond acceptors (Lipinski definition) is 3.